The summed E-state index contributed by atoms with van der Waals surface area (Å²) < 4.78 is 0. The van der Waals surface area contributed by atoms with Gasteiger partial charge in [0, 0.05) is 56.1 Å². The van der Waals surface area contributed by atoms with Crippen molar-refractivity contribution in [3.05, 3.63) is 70.2 Å². The van der Waals surface area contributed by atoms with E-state index in [-0.39, 0.29) is 17.9 Å². The second-order valence-corrected chi connectivity index (χ2v) is 13.7. The number of rotatable bonds is 13. The average Bonchev–Trinajstić information content (AvgIpc) is 3.08. The Hall–Kier alpha value is -2.45. The van der Waals surface area contributed by atoms with Crippen LogP contribution in [-0.4, -0.2) is 91.0 Å². The van der Waals surface area contributed by atoms with Gasteiger partial charge in [0.1, 0.15) is 6.04 Å². The predicted molar refractivity (Wildman–Crippen MR) is 184 cm³/mol. The summed E-state index contributed by atoms with van der Waals surface area (Å²) in [5, 5.41) is 7.34. The highest BCUT2D eigenvalue weighted by atomic mass is 35.5. The molecule has 2 N–H and O–H groups in total. The first-order valence-corrected chi connectivity index (χ1v) is 17.9. The molecule has 3 aliphatic rings. The zero-order chi connectivity index (χ0) is 31.6. The lowest BCUT2D eigenvalue weighted by Crippen LogP contribution is -2.58. The van der Waals surface area contributed by atoms with Gasteiger partial charge in [-0.1, -0.05) is 81.1 Å². The molecule has 2 amide bonds. The maximum Gasteiger partial charge on any atom is 0.245 e. The van der Waals surface area contributed by atoms with Gasteiger partial charge < -0.3 is 20.4 Å². The van der Waals surface area contributed by atoms with Crippen molar-refractivity contribution in [2.24, 2.45) is 5.92 Å². The van der Waals surface area contributed by atoms with E-state index in [0.29, 0.717) is 37.0 Å². The van der Waals surface area contributed by atoms with Gasteiger partial charge in [-0.3, -0.25) is 14.5 Å². The molecule has 2 aromatic carbocycles. The summed E-state index contributed by atoms with van der Waals surface area (Å²) >= 11 is 6.16. The molecule has 1 aliphatic carbocycles. The molecule has 0 radical (unpaired) electrons. The fourth-order valence-corrected chi connectivity index (χ4v) is 7.98. The fourth-order valence-electron chi connectivity index (χ4n) is 7.85. The topological polar surface area (TPSA) is 67.9 Å². The highest BCUT2D eigenvalue weighted by Gasteiger charge is 2.34. The van der Waals surface area contributed by atoms with E-state index in [0.717, 1.165) is 57.2 Å². The van der Waals surface area contributed by atoms with Crippen LogP contribution in [0.2, 0.25) is 5.02 Å². The van der Waals surface area contributed by atoms with Crippen LogP contribution in [0.3, 0.4) is 0 Å². The normalized spacial score (nSPS) is 20.9. The van der Waals surface area contributed by atoms with Crippen molar-refractivity contribution in [2.45, 2.75) is 89.8 Å². The maximum atomic E-state index is 14.1. The first kappa shape index (κ1) is 33.9. The van der Waals surface area contributed by atoms with Crippen LogP contribution in [0, 0.1) is 5.92 Å². The number of carbonyl (C=O) groups excluding carboxylic acids is 2. The minimum atomic E-state index is -0.610. The Labute approximate surface area is 276 Å². The average molecular weight is 636 g/mol. The zero-order valence-electron chi connectivity index (χ0n) is 27.5. The predicted octanol–water partition coefficient (Wildman–Crippen LogP) is 5.47. The smallest absolute Gasteiger partial charge is 0.245 e. The zero-order valence-corrected chi connectivity index (χ0v) is 28.2. The summed E-state index contributed by atoms with van der Waals surface area (Å²) in [4.78, 5) is 34.8. The summed E-state index contributed by atoms with van der Waals surface area (Å²) in [6, 6.07) is 15.9. The quantitative estimate of drug-likeness (QED) is 0.306. The van der Waals surface area contributed by atoms with Crippen LogP contribution in [-0.2, 0) is 22.4 Å². The van der Waals surface area contributed by atoms with Crippen LogP contribution in [0.1, 0.15) is 81.5 Å². The second-order valence-electron chi connectivity index (χ2n) is 13.3. The van der Waals surface area contributed by atoms with E-state index in [4.69, 9.17) is 11.6 Å². The van der Waals surface area contributed by atoms with Crippen LogP contribution < -0.4 is 10.6 Å². The van der Waals surface area contributed by atoms with Crippen molar-refractivity contribution in [2.75, 3.05) is 52.4 Å². The van der Waals surface area contributed by atoms with E-state index in [1.165, 1.54) is 49.7 Å². The molecule has 7 nitrogen and oxygen atoms in total. The van der Waals surface area contributed by atoms with Crippen LogP contribution in [0.15, 0.2) is 48.5 Å². The summed E-state index contributed by atoms with van der Waals surface area (Å²) in [6.45, 7) is 11.9. The third-order valence-corrected chi connectivity index (χ3v) is 10.8. The molecule has 0 spiro atoms. The lowest BCUT2D eigenvalue weighted by atomic mass is 9.81. The van der Waals surface area contributed by atoms with Gasteiger partial charge >= 0.3 is 0 Å². The molecule has 0 bridgehead atoms. The van der Waals surface area contributed by atoms with Gasteiger partial charge in [0.25, 0.3) is 0 Å². The molecule has 2 heterocycles. The third-order valence-electron chi connectivity index (χ3n) is 10.5. The number of hydrogen-bond donors (Lipinski definition) is 2. The maximum absolute atomic E-state index is 14.1. The van der Waals surface area contributed by atoms with E-state index in [9.17, 15) is 9.59 Å². The Bertz CT molecular complexity index is 1220. The van der Waals surface area contributed by atoms with Crippen LogP contribution in [0.4, 0.5) is 0 Å². The number of carbonyl (C=O) groups is 2. The number of amides is 2. The van der Waals surface area contributed by atoms with Crippen molar-refractivity contribution in [3.8, 4) is 0 Å². The van der Waals surface area contributed by atoms with Gasteiger partial charge in [-0.15, -0.1) is 0 Å². The van der Waals surface area contributed by atoms with Gasteiger partial charge in [0.05, 0.1) is 0 Å². The monoisotopic (exact) mass is 635 g/mol. The van der Waals surface area contributed by atoms with E-state index in [1.54, 1.807) is 0 Å². The number of benzene rings is 2. The summed E-state index contributed by atoms with van der Waals surface area (Å²) in [5.41, 5.74) is 3.47. The molecular weight excluding hydrogens is 582 g/mol. The Morgan fingerprint density at radius 3 is 2.40 bits per heavy atom. The van der Waals surface area contributed by atoms with Crippen molar-refractivity contribution in [1.29, 1.82) is 0 Å². The van der Waals surface area contributed by atoms with Crippen molar-refractivity contribution < 1.29 is 9.59 Å². The minimum absolute atomic E-state index is 0.0207. The van der Waals surface area contributed by atoms with Crippen LogP contribution >= 0.6 is 11.6 Å². The first-order valence-electron chi connectivity index (χ1n) is 17.5. The number of fused-ring (bicyclic) bond motifs is 1. The molecule has 1 saturated carbocycles. The highest BCUT2D eigenvalue weighted by molar-refractivity contribution is 6.30. The largest absolute Gasteiger partial charge is 0.344 e. The molecule has 8 heteroatoms. The molecule has 246 valence electrons. The number of halogens is 1. The number of nitrogens with one attached hydrogen (secondary N) is 2. The Kier molecular flexibility index (Phi) is 12.7. The SMILES string of the molecule is CCN(CC)CCC(C1CCCCC1)N1CCN(C(=O)[C@@H](Cc2ccc(Cl)cc2)NC(=O)CC2NCCc3ccccc32)CC1. The second kappa shape index (κ2) is 16.9. The molecule has 2 aliphatic heterocycles. The lowest BCUT2D eigenvalue weighted by molar-refractivity contribution is -0.138. The van der Waals surface area contributed by atoms with E-state index >= 15 is 0 Å². The fraction of sp³-hybridized carbons (Fsp3) is 0.622. The number of nitrogens with zero attached hydrogens (tertiary/aromatic N) is 3. The van der Waals surface area contributed by atoms with E-state index in [2.05, 4.69) is 52.5 Å². The summed E-state index contributed by atoms with van der Waals surface area (Å²) in [7, 11) is 0. The van der Waals surface area contributed by atoms with Crippen molar-refractivity contribution >= 4 is 23.4 Å². The van der Waals surface area contributed by atoms with Crippen LogP contribution in [0.5, 0.6) is 0 Å². The molecule has 2 aromatic rings. The highest BCUT2D eigenvalue weighted by Crippen LogP contribution is 2.32. The Morgan fingerprint density at radius 1 is 0.978 bits per heavy atom. The van der Waals surface area contributed by atoms with Crippen molar-refractivity contribution in [1.82, 2.24) is 25.3 Å². The lowest BCUT2D eigenvalue weighted by Gasteiger charge is -2.44. The molecule has 2 unspecified atom stereocenters. The van der Waals surface area contributed by atoms with E-state index < -0.39 is 6.04 Å². The van der Waals surface area contributed by atoms with E-state index in [1.807, 2.05) is 35.2 Å². The minimum Gasteiger partial charge on any atom is -0.344 e. The number of hydrogen-bond acceptors (Lipinski definition) is 5. The van der Waals surface area contributed by atoms with Gasteiger partial charge in [0.2, 0.25) is 11.8 Å². The molecular formula is C37H54ClN5O2. The standard InChI is InChI=1S/C37H54ClN5O2/c1-3-41(4-2)21-19-35(30-11-6-5-7-12-30)42-22-24-43(25-23-42)37(45)34(26-28-14-16-31(38)17-15-28)40-36(44)27-33-32-13-9-8-10-29(32)18-20-39-33/h8-10,13-17,30,33-35,39H,3-7,11-12,18-27H2,1-2H3,(H,40,44)/t33?,34-,35?/m1/s1. The van der Waals surface area contributed by atoms with Gasteiger partial charge in [-0.25, -0.2) is 0 Å². The van der Waals surface area contributed by atoms with Gasteiger partial charge in [0.15, 0.2) is 0 Å². The third kappa shape index (κ3) is 9.31. The Balaban J connectivity index is 1.24. The number of piperazine rings is 1. The first-order chi connectivity index (χ1) is 21.9. The van der Waals surface area contributed by atoms with Gasteiger partial charge in [-0.2, -0.15) is 0 Å². The molecule has 3 atom stereocenters. The molecule has 2 fully saturated rings. The van der Waals surface area contributed by atoms with Gasteiger partial charge in [-0.05, 0) is 86.6 Å². The molecule has 5 rings (SSSR count). The molecule has 45 heavy (non-hydrogen) atoms. The summed E-state index contributed by atoms with van der Waals surface area (Å²) in [6.07, 6.45) is 9.65. The molecule has 1 saturated heterocycles. The van der Waals surface area contributed by atoms with Crippen LogP contribution in [0.25, 0.3) is 0 Å². The Morgan fingerprint density at radius 2 is 1.69 bits per heavy atom. The van der Waals surface area contributed by atoms with Crippen molar-refractivity contribution in [3.63, 3.8) is 0 Å². The molecule has 0 aromatic heterocycles. The summed E-state index contributed by atoms with van der Waals surface area (Å²) in [5.74, 6) is 0.684.